The van der Waals surface area contributed by atoms with Gasteiger partial charge < -0.3 is 4.74 Å². The number of rotatable bonds is 7. The smallest absolute Gasteiger partial charge is 0.321 e. The van der Waals surface area contributed by atoms with Crippen molar-refractivity contribution in [1.29, 1.82) is 0 Å². The molecule has 0 saturated carbocycles. The Morgan fingerprint density at radius 2 is 2.14 bits per heavy atom. The van der Waals surface area contributed by atoms with Crippen LogP contribution in [0.3, 0.4) is 0 Å². The van der Waals surface area contributed by atoms with Crippen molar-refractivity contribution in [1.82, 2.24) is 9.29 Å². The lowest BCUT2D eigenvalue weighted by Gasteiger charge is -2.21. The number of nitrogens with zero attached hydrogens (tertiary/aromatic N) is 2. The Labute approximate surface area is 137 Å². The van der Waals surface area contributed by atoms with Gasteiger partial charge in [0.15, 0.2) is 0 Å². The molecule has 0 saturated heterocycles. The lowest BCUT2D eigenvalue weighted by atomic mass is 10.5. The molecular weight excluding hydrogens is 384 g/mol. The van der Waals surface area contributed by atoms with Gasteiger partial charge in [0.2, 0.25) is 10.0 Å². The van der Waals surface area contributed by atoms with Gasteiger partial charge in [-0.15, -0.1) is 0 Å². The first-order valence-corrected chi connectivity index (χ1v) is 8.90. The van der Waals surface area contributed by atoms with Crippen molar-refractivity contribution in [2.75, 3.05) is 19.7 Å². The van der Waals surface area contributed by atoms with Crippen molar-refractivity contribution >= 4 is 43.5 Å². The number of carbonyl (C=O) groups is 1. The van der Waals surface area contributed by atoms with E-state index in [-0.39, 0.29) is 29.7 Å². The molecule has 0 aliphatic carbocycles. The lowest BCUT2D eigenvalue weighted by Crippen LogP contribution is -2.37. The number of sulfonamides is 1. The SMILES string of the molecule is CCCN(CC(=O)OCC)S(=O)(=O)c1cc(Br)cnc1Cl. The third kappa shape index (κ3) is 4.91. The summed E-state index contributed by atoms with van der Waals surface area (Å²) in [5.41, 5.74) is 0. The summed E-state index contributed by atoms with van der Waals surface area (Å²) in [5.74, 6) is -0.603. The third-order valence-electron chi connectivity index (χ3n) is 2.48. The van der Waals surface area contributed by atoms with Gasteiger partial charge in [-0.3, -0.25) is 4.79 Å². The lowest BCUT2D eigenvalue weighted by molar-refractivity contribution is -0.143. The minimum absolute atomic E-state index is 0.136. The zero-order valence-electron chi connectivity index (χ0n) is 11.7. The Bertz CT molecular complexity index is 609. The molecule has 6 nitrogen and oxygen atoms in total. The summed E-state index contributed by atoms with van der Waals surface area (Å²) in [4.78, 5) is 15.2. The van der Waals surface area contributed by atoms with Crippen molar-refractivity contribution in [3.8, 4) is 0 Å². The Balaban J connectivity index is 3.15. The monoisotopic (exact) mass is 398 g/mol. The Morgan fingerprint density at radius 3 is 2.71 bits per heavy atom. The summed E-state index contributed by atoms with van der Waals surface area (Å²) in [6.07, 6.45) is 1.95. The van der Waals surface area contributed by atoms with Crippen molar-refractivity contribution in [2.24, 2.45) is 0 Å². The van der Waals surface area contributed by atoms with Crippen LogP contribution in [-0.2, 0) is 19.6 Å². The second kappa shape index (κ2) is 8.07. The normalized spacial score (nSPS) is 11.7. The molecule has 1 aromatic heterocycles. The molecule has 0 bridgehead atoms. The minimum Gasteiger partial charge on any atom is -0.465 e. The van der Waals surface area contributed by atoms with E-state index in [4.69, 9.17) is 16.3 Å². The van der Waals surface area contributed by atoms with Gasteiger partial charge in [-0.1, -0.05) is 18.5 Å². The maximum absolute atomic E-state index is 12.6. The second-order valence-corrected chi connectivity index (χ2v) is 7.27. The molecule has 0 radical (unpaired) electrons. The Morgan fingerprint density at radius 1 is 1.48 bits per heavy atom. The molecule has 0 aromatic carbocycles. The summed E-state index contributed by atoms with van der Waals surface area (Å²) in [6, 6.07) is 1.36. The molecule has 21 heavy (non-hydrogen) atoms. The number of hydrogen-bond donors (Lipinski definition) is 0. The van der Waals surface area contributed by atoms with Crippen LogP contribution in [0.15, 0.2) is 21.6 Å². The summed E-state index contributed by atoms with van der Waals surface area (Å²) in [7, 11) is -3.92. The first kappa shape index (κ1) is 18.3. The highest BCUT2D eigenvalue weighted by atomic mass is 79.9. The van der Waals surface area contributed by atoms with Gasteiger partial charge in [-0.05, 0) is 35.3 Å². The molecule has 0 aliphatic rings. The van der Waals surface area contributed by atoms with Crippen LogP contribution in [0.2, 0.25) is 5.15 Å². The Hall–Kier alpha value is -0.700. The standard InChI is InChI=1S/C12H16BrClN2O4S/c1-3-5-16(8-11(17)20-4-2)21(18,19)10-6-9(13)7-15-12(10)14/h6-7H,3-5,8H2,1-2H3. The summed E-state index contributed by atoms with van der Waals surface area (Å²) >= 11 is 9.03. The first-order chi connectivity index (χ1) is 9.82. The Kier molecular flexibility index (Phi) is 7.05. The van der Waals surface area contributed by atoms with Crippen LogP contribution in [0.4, 0.5) is 0 Å². The van der Waals surface area contributed by atoms with E-state index in [1.807, 2.05) is 6.92 Å². The van der Waals surface area contributed by atoms with Crippen molar-refractivity contribution in [3.63, 3.8) is 0 Å². The molecule has 0 unspecified atom stereocenters. The van der Waals surface area contributed by atoms with Crippen LogP contribution in [0, 0.1) is 0 Å². The third-order valence-corrected chi connectivity index (χ3v) is 5.18. The number of esters is 1. The topological polar surface area (TPSA) is 76.6 Å². The maximum atomic E-state index is 12.6. The van der Waals surface area contributed by atoms with Crippen LogP contribution in [0.1, 0.15) is 20.3 Å². The number of halogens is 2. The fourth-order valence-electron chi connectivity index (χ4n) is 1.61. The van der Waals surface area contributed by atoms with Crippen LogP contribution < -0.4 is 0 Å². The van der Waals surface area contributed by atoms with Gasteiger partial charge in [0.1, 0.15) is 16.6 Å². The highest BCUT2D eigenvalue weighted by molar-refractivity contribution is 9.10. The van der Waals surface area contributed by atoms with Gasteiger partial charge in [0.25, 0.3) is 0 Å². The number of ether oxygens (including phenoxy) is 1. The quantitative estimate of drug-likeness (QED) is 0.520. The van der Waals surface area contributed by atoms with Gasteiger partial charge in [-0.2, -0.15) is 4.31 Å². The first-order valence-electron chi connectivity index (χ1n) is 6.29. The summed E-state index contributed by atoms with van der Waals surface area (Å²) in [6.45, 7) is 3.50. The van der Waals surface area contributed by atoms with E-state index in [2.05, 4.69) is 20.9 Å². The molecule has 0 fully saturated rings. The van der Waals surface area contributed by atoms with Crippen LogP contribution >= 0.6 is 27.5 Å². The highest BCUT2D eigenvalue weighted by Crippen LogP contribution is 2.25. The molecule has 9 heteroatoms. The molecular formula is C12H16BrClN2O4S. The van der Waals surface area contributed by atoms with Gasteiger partial charge in [-0.25, -0.2) is 13.4 Å². The van der Waals surface area contributed by atoms with E-state index in [1.54, 1.807) is 6.92 Å². The van der Waals surface area contributed by atoms with Crippen molar-refractivity contribution in [3.05, 3.63) is 21.9 Å². The molecule has 0 amide bonds. The average Bonchev–Trinajstić information content (AvgIpc) is 2.41. The van der Waals surface area contributed by atoms with E-state index >= 15 is 0 Å². The van der Waals surface area contributed by atoms with E-state index in [1.165, 1.54) is 12.3 Å². The summed E-state index contributed by atoms with van der Waals surface area (Å²) in [5, 5.41) is -0.136. The van der Waals surface area contributed by atoms with E-state index < -0.39 is 16.0 Å². The largest absolute Gasteiger partial charge is 0.465 e. The molecule has 0 atom stereocenters. The number of hydrogen-bond acceptors (Lipinski definition) is 5. The molecule has 118 valence electrons. The average molecular weight is 400 g/mol. The highest BCUT2D eigenvalue weighted by Gasteiger charge is 2.29. The van der Waals surface area contributed by atoms with Crippen molar-refractivity contribution in [2.45, 2.75) is 25.2 Å². The van der Waals surface area contributed by atoms with E-state index in [0.29, 0.717) is 10.9 Å². The van der Waals surface area contributed by atoms with Crippen LogP contribution in [0.25, 0.3) is 0 Å². The predicted octanol–water partition coefficient (Wildman–Crippen LogP) is 2.46. The van der Waals surface area contributed by atoms with Crippen molar-refractivity contribution < 1.29 is 17.9 Å². The van der Waals surface area contributed by atoms with Crippen LogP contribution in [-0.4, -0.2) is 43.4 Å². The van der Waals surface area contributed by atoms with E-state index in [0.717, 1.165) is 4.31 Å². The molecule has 1 heterocycles. The van der Waals surface area contributed by atoms with Gasteiger partial charge >= 0.3 is 5.97 Å². The zero-order valence-corrected chi connectivity index (χ0v) is 14.8. The predicted molar refractivity (Wildman–Crippen MR) is 82.6 cm³/mol. The van der Waals surface area contributed by atoms with Crippen LogP contribution in [0.5, 0.6) is 0 Å². The summed E-state index contributed by atoms with van der Waals surface area (Å²) < 4.78 is 31.5. The minimum atomic E-state index is -3.92. The molecule has 1 rings (SSSR count). The van der Waals surface area contributed by atoms with E-state index in [9.17, 15) is 13.2 Å². The van der Waals surface area contributed by atoms with Gasteiger partial charge in [0, 0.05) is 17.2 Å². The van der Waals surface area contributed by atoms with Gasteiger partial charge in [0.05, 0.1) is 6.61 Å². The zero-order chi connectivity index (χ0) is 16.0. The maximum Gasteiger partial charge on any atom is 0.321 e. The number of aromatic nitrogens is 1. The molecule has 1 aromatic rings. The fraction of sp³-hybridized carbons (Fsp3) is 0.500. The fourth-order valence-corrected chi connectivity index (χ4v) is 4.00. The second-order valence-electron chi connectivity index (χ2n) is 4.09. The number of pyridine rings is 1. The number of carbonyl (C=O) groups excluding carboxylic acids is 1. The molecule has 0 spiro atoms. The molecule has 0 N–H and O–H groups in total. The molecule has 0 aliphatic heterocycles.